The zero-order valence-electron chi connectivity index (χ0n) is 35.0. The maximum atomic E-state index is 15.2. The second-order valence-corrected chi connectivity index (χ2v) is 17.3. The Morgan fingerprint density at radius 1 is 0.607 bits per heavy atom. The molecule has 0 aromatic heterocycles. The van der Waals surface area contributed by atoms with E-state index in [-0.39, 0.29) is 86.9 Å². The summed E-state index contributed by atoms with van der Waals surface area (Å²) >= 11 is 0. The van der Waals surface area contributed by atoms with Crippen LogP contribution in [0.25, 0.3) is 0 Å². The number of nitriles is 1. The fraction of sp³-hybridized carbons (Fsp3) is 0.326. The summed E-state index contributed by atoms with van der Waals surface area (Å²) in [6, 6.07) is 16.6. The van der Waals surface area contributed by atoms with E-state index < -0.39 is 31.0 Å². The van der Waals surface area contributed by atoms with Crippen molar-refractivity contribution in [2.75, 3.05) is 75.5 Å². The van der Waals surface area contributed by atoms with Crippen molar-refractivity contribution >= 4 is 40.3 Å². The summed E-state index contributed by atoms with van der Waals surface area (Å²) in [6.07, 6.45) is -6.36. The fourth-order valence-corrected chi connectivity index (χ4v) is 13.8. The molecule has 0 heterocycles. The summed E-state index contributed by atoms with van der Waals surface area (Å²) in [4.78, 5) is 27.5. The number of carbonyl (C=O) groups is 2. The number of methoxy groups -OCH3 is 9. The first-order valence-electron chi connectivity index (χ1n) is 18.2. The van der Waals surface area contributed by atoms with Crippen LogP contribution >= 0.6 is 6.83 Å². The molecule has 1 N–H and O–H groups in total. The number of nitrogens with one attached hydrogen (secondary N) is 1. The average Bonchev–Trinajstić information content (AvgIpc) is 3.27. The number of benzene rings is 4. The topological polar surface area (TPSA) is 162 Å². The molecule has 61 heavy (non-hydrogen) atoms. The number of anilines is 1. The normalized spacial score (nSPS) is 11.6. The molecule has 14 nitrogen and oxygen atoms in total. The van der Waals surface area contributed by atoms with Crippen LogP contribution in [0.3, 0.4) is 0 Å². The predicted octanol–water partition coefficient (Wildman–Crippen LogP) is 6.30. The molecule has 0 saturated heterocycles. The summed E-state index contributed by atoms with van der Waals surface area (Å²) < 4.78 is 105. The molecular weight excluding hydrogens is 824 g/mol. The third kappa shape index (κ3) is 9.37. The van der Waals surface area contributed by atoms with Crippen LogP contribution in [-0.2, 0) is 14.1 Å². The number of carbonyl (C=O) groups excluding carboxylic acids is 2. The molecular formula is C43H46F3N2O12P. The average molecular weight is 871 g/mol. The first-order chi connectivity index (χ1) is 29.2. The van der Waals surface area contributed by atoms with Gasteiger partial charge in [0.15, 0.2) is 6.07 Å². The summed E-state index contributed by atoms with van der Waals surface area (Å²) in [5.41, 5.74) is 0.983. The van der Waals surface area contributed by atoms with E-state index in [2.05, 4.69) is 17.2 Å². The van der Waals surface area contributed by atoms with Gasteiger partial charge in [0.05, 0.1) is 0 Å². The van der Waals surface area contributed by atoms with Gasteiger partial charge < -0.3 is 0 Å². The van der Waals surface area contributed by atoms with Crippen molar-refractivity contribution in [3.05, 3.63) is 66.2 Å². The molecule has 18 heteroatoms. The van der Waals surface area contributed by atoms with E-state index in [0.717, 1.165) is 0 Å². The van der Waals surface area contributed by atoms with Crippen LogP contribution in [0, 0.1) is 23.2 Å². The quantitative estimate of drug-likeness (QED) is 0.0636. The number of hydrogen-bond donors (Lipinski definition) is 1. The molecule has 0 radical (unpaired) electrons. The molecule has 0 atom stereocenters. The van der Waals surface area contributed by atoms with Crippen molar-refractivity contribution in [3.8, 4) is 69.7 Å². The minimum absolute atomic E-state index is 0.0153. The van der Waals surface area contributed by atoms with Gasteiger partial charge in [-0.25, -0.2) is 0 Å². The third-order valence-corrected chi connectivity index (χ3v) is 15.6. The van der Waals surface area contributed by atoms with Crippen molar-refractivity contribution in [2.24, 2.45) is 0 Å². The molecule has 4 aromatic rings. The van der Waals surface area contributed by atoms with E-state index in [1.54, 1.807) is 30.3 Å². The Balaban J connectivity index is 2.25. The van der Waals surface area contributed by atoms with Crippen LogP contribution in [0.1, 0.15) is 24.8 Å². The van der Waals surface area contributed by atoms with Gasteiger partial charge in [-0.1, -0.05) is 0 Å². The Morgan fingerprint density at radius 3 is 1.30 bits per heavy atom. The van der Waals surface area contributed by atoms with Gasteiger partial charge in [0.2, 0.25) is 0 Å². The van der Waals surface area contributed by atoms with Gasteiger partial charge in [0.25, 0.3) is 0 Å². The van der Waals surface area contributed by atoms with Crippen molar-refractivity contribution in [1.82, 2.24) is 0 Å². The van der Waals surface area contributed by atoms with Gasteiger partial charge in [-0.3, -0.25) is 0 Å². The standard InChI is InChI=1S/C43H46F3N2O12P/c1-51-29-21-32(54-4)39(33(22-29)55-5)61(60-42(50)43(44,45)46,40-34(56-6)23-30(52-2)24-35(40)57-7,41-36(58-8)25-31(53-3)26-37(41)59-9)20-11-10-14-38(49)48-28-17-15-27(16-18-28)13-12-19-47/h15-18,21-26H,10-11,14,20H2,1-9H3,(H,48,49). The van der Waals surface area contributed by atoms with Crippen LogP contribution in [0.4, 0.5) is 18.9 Å². The fourth-order valence-electron chi connectivity index (χ4n) is 7.11. The molecule has 0 bridgehead atoms. The van der Waals surface area contributed by atoms with Gasteiger partial charge in [-0.2, -0.15) is 5.26 Å². The van der Waals surface area contributed by atoms with Crippen molar-refractivity contribution < 1.29 is 69.9 Å². The van der Waals surface area contributed by atoms with Crippen LogP contribution in [0.5, 0.6) is 51.7 Å². The number of nitrogens with zero attached hydrogens (tertiary/aromatic N) is 1. The monoisotopic (exact) mass is 870 g/mol. The zero-order valence-corrected chi connectivity index (χ0v) is 35.9. The molecule has 0 aliphatic rings. The van der Waals surface area contributed by atoms with Gasteiger partial charge >= 0.3 is 341 Å². The number of ether oxygens (including phenoxy) is 9. The van der Waals surface area contributed by atoms with Gasteiger partial charge in [0, 0.05) is 0 Å². The van der Waals surface area contributed by atoms with Crippen molar-refractivity contribution in [3.63, 3.8) is 0 Å². The molecule has 0 fully saturated rings. The summed E-state index contributed by atoms with van der Waals surface area (Å²) in [6.45, 7) is -6.03. The molecule has 0 saturated carbocycles. The van der Waals surface area contributed by atoms with Crippen molar-refractivity contribution in [2.45, 2.75) is 25.4 Å². The van der Waals surface area contributed by atoms with Crippen LogP contribution in [-0.4, -0.2) is 88.2 Å². The molecule has 326 valence electrons. The van der Waals surface area contributed by atoms with Crippen molar-refractivity contribution in [1.29, 1.82) is 5.26 Å². The van der Waals surface area contributed by atoms with E-state index in [1.165, 1.54) is 100 Å². The van der Waals surface area contributed by atoms with Gasteiger partial charge in [0.1, 0.15) is 0 Å². The predicted molar refractivity (Wildman–Crippen MR) is 223 cm³/mol. The van der Waals surface area contributed by atoms with Gasteiger partial charge in [-0.05, 0) is 0 Å². The molecule has 0 unspecified atom stereocenters. The molecule has 4 rings (SSSR count). The minimum atomic E-state index is -6.03. The Labute approximate surface area is 351 Å². The van der Waals surface area contributed by atoms with E-state index in [0.29, 0.717) is 11.3 Å². The molecule has 0 aliphatic carbocycles. The molecule has 4 aromatic carbocycles. The van der Waals surface area contributed by atoms with E-state index in [1.807, 2.05) is 0 Å². The third-order valence-electron chi connectivity index (χ3n) is 9.67. The van der Waals surface area contributed by atoms with E-state index in [9.17, 15) is 9.59 Å². The number of alkyl halides is 3. The summed E-state index contributed by atoms with van der Waals surface area (Å²) in [5.74, 6) is 1.61. The van der Waals surface area contributed by atoms with E-state index in [4.69, 9.17) is 52.4 Å². The van der Waals surface area contributed by atoms with Crippen LogP contribution in [0.15, 0.2) is 60.7 Å². The summed E-state index contributed by atoms with van der Waals surface area (Å²) in [5, 5.41) is 11.0. The first-order valence-corrected chi connectivity index (χ1v) is 20.6. The molecule has 0 spiro atoms. The number of amides is 1. The SMILES string of the molecule is COc1cc(OC)c(P(CCCCC(=O)Nc2ccc(C#CC#N)cc2)(OC(=O)C(F)(F)F)(c2c(OC)cc(OC)cc2OC)c2c(OC)cc(OC)cc2OC)c(OC)c1. The zero-order chi connectivity index (χ0) is 45.0. The Kier molecular flexibility index (Phi) is 15.4. The maximum absolute atomic E-state index is 15.2. The second kappa shape index (κ2) is 20.0. The van der Waals surface area contributed by atoms with Crippen LogP contribution in [0.2, 0.25) is 0 Å². The Hall–Kier alpha value is -6.71. The van der Waals surface area contributed by atoms with Crippen LogP contribution < -0.4 is 63.9 Å². The first kappa shape index (κ1) is 47.0. The number of hydrogen-bond acceptors (Lipinski definition) is 13. The summed E-state index contributed by atoms with van der Waals surface area (Å²) in [7, 11) is 11.7. The Bertz CT molecular complexity index is 2100. The number of halogens is 3. The molecule has 1 amide bonds. The molecule has 0 aliphatic heterocycles. The number of unbranched alkanes of at least 4 members (excludes halogenated alkanes) is 1. The second-order valence-electron chi connectivity index (χ2n) is 12.9. The van der Waals surface area contributed by atoms with E-state index >= 15 is 13.2 Å². The number of rotatable bonds is 19. The Morgan fingerprint density at radius 2 is 0.984 bits per heavy atom. The van der Waals surface area contributed by atoms with Gasteiger partial charge in [-0.15, -0.1) is 0 Å².